The molecule has 17 heavy (non-hydrogen) atoms. The number of nitrogens with two attached hydrogens (primary N) is 1. The van der Waals surface area contributed by atoms with Gasteiger partial charge in [-0.15, -0.1) is 0 Å². The van der Waals surface area contributed by atoms with Gasteiger partial charge in [-0.2, -0.15) is 0 Å². The molecule has 0 saturated carbocycles. The topological polar surface area (TPSA) is 38.5 Å². The minimum Gasteiger partial charge on any atom is -0.377 e. The smallest absolute Gasteiger partial charge is 0.0702 e. The normalized spacial score (nSPS) is 22.9. The highest BCUT2D eigenvalue weighted by molar-refractivity contribution is 4.92. The summed E-state index contributed by atoms with van der Waals surface area (Å²) in [4.78, 5) is 2.58. The molecule has 0 spiro atoms. The summed E-state index contributed by atoms with van der Waals surface area (Å²) in [6.45, 7) is 10.6. The second kappa shape index (κ2) is 7.34. The Morgan fingerprint density at radius 2 is 2.00 bits per heavy atom. The zero-order valence-corrected chi connectivity index (χ0v) is 11.9. The van der Waals surface area contributed by atoms with Crippen LogP contribution in [0, 0.1) is 0 Å². The molecule has 102 valence electrons. The molecule has 1 atom stereocenters. The van der Waals surface area contributed by atoms with Gasteiger partial charge in [-0.05, 0) is 38.6 Å². The summed E-state index contributed by atoms with van der Waals surface area (Å²) in [5.41, 5.74) is 6.23. The van der Waals surface area contributed by atoms with E-state index in [2.05, 4.69) is 25.7 Å². The third-order valence-electron chi connectivity index (χ3n) is 4.30. The van der Waals surface area contributed by atoms with E-state index in [4.69, 9.17) is 10.5 Å². The molecule has 1 aliphatic heterocycles. The zero-order chi connectivity index (χ0) is 12.7. The first kappa shape index (κ1) is 14.9. The minimum atomic E-state index is 0.203. The van der Waals surface area contributed by atoms with E-state index in [9.17, 15) is 0 Å². The monoisotopic (exact) mass is 242 g/mol. The van der Waals surface area contributed by atoms with Crippen LogP contribution in [0.4, 0.5) is 0 Å². The average Bonchev–Trinajstić information content (AvgIpc) is 2.40. The SMILES string of the molecule is CCCOC1CCCN(C(CC)(CC)CN)C1. The predicted octanol–water partition coefficient (Wildman–Crippen LogP) is 2.39. The van der Waals surface area contributed by atoms with E-state index in [1.165, 1.54) is 19.4 Å². The molecule has 1 heterocycles. The first-order valence-corrected chi connectivity index (χ1v) is 7.29. The lowest BCUT2D eigenvalue weighted by atomic mass is 9.88. The van der Waals surface area contributed by atoms with Gasteiger partial charge >= 0.3 is 0 Å². The molecule has 0 aromatic carbocycles. The lowest BCUT2D eigenvalue weighted by molar-refractivity contribution is -0.0387. The largest absolute Gasteiger partial charge is 0.377 e. The summed E-state index contributed by atoms with van der Waals surface area (Å²) in [5, 5.41) is 0. The van der Waals surface area contributed by atoms with Crippen molar-refractivity contribution in [2.45, 2.75) is 64.5 Å². The van der Waals surface area contributed by atoms with Gasteiger partial charge in [-0.1, -0.05) is 20.8 Å². The Bertz CT molecular complexity index is 196. The number of piperidine rings is 1. The van der Waals surface area contributed by atoms with Crippen LogP contribution in [-0.2, 0) is 4.74 Å². The first-order chi connectivity index (χ1) is 8.22. The average molecular weight is 242 g/mol. The fourth-order valence-corrected chi connectivity index (χ4v) is 2.90. The highest BCUT2D eigenvalue weighted by atomic mass is 16.5. The van der Waals surface area contributed by atoms with Crippen molar-refractivity contribution in [1.82, 2.24) is 4.90 Å². The first-order valence-electron chi connectivity index (χ1n) is 7.29. The number of hydrogen-bond acceptors (Lipinski definition) is 3. The quantitative estimate of drug-likeness (QED) is 0.745. The number of hydrogen-bond donors (Lipinski definition) is 1. The molecule has 1 aliphatic rings. The molecule has 2 N–H and O–H groups in total. The van der Waals surface area contributed by atoms with Crippen molar-refractivity contribution >= 4 is 0 Å². The van der Waals surface area contributed by atoms with Crippen molar-refractivity contribution in [3.8, 4) is 0 Å². The molecule has 0 aromatic rings. The molecule has 0 bridgehead atoms. The van der Waals surface area contributed by atoms with Gasteiger partial charge in [0.2, 0.25) is 0 Å². The molecule has 3 nitrogen and oxygen atoms in total. The molecular weight excluding hydrogens is 212 g/mol. The van der Waals surface area contributed by atoms with Gasteiger partial charge in [-0.25, -0.2) is 0 Å². The van der Waals surface area contributed by atoms with Crippen LogP contribution in [0.25, 0.3) is 0 Å². The molecule has 0 amide bonds. The highest BCUT2D eigenvalue weighted by Gasteiger charge is 2.35. The van der Waals surface area contributed by atoms with Gasteiger partial charge < -0.3 is 10.5 Å². The maximum atomic E-state index is 6.02. The maximum absolute atomic E-state index is 6.02. The number of ether oxygens (including phenoxy) is 1. The van der Waals surface area contributed by atoms with E-state index >= 15 is 0 Å². The number of nitrogens with zero attached hydrogens (tertiary/aromatic N) is 1. The highest BCUT2D eigenvalue weighted by Crippen LogP contribution is 2.27. The van der Waals surface area contributed by atoms with Crippen molar-refractivity contribution in [3.05, 3.63) is 0 Å². The molecule has 1 saturated heterocycles. The van der Waals surface area contributed by atoms with E-state index in [1.807, 2.05) is 0 Å². The van der Waals surface area contributed by atoms with Crippen LogP contribution in [-0.4, -0.2) is 42.8 Å². The summed E-state index contributed by atoms with van der Waals surface area (Å²) < 4.78 is 5.91. The van der Waals surface area contributed by atoms with Crippen molar-refractivity contribution in [2.75, 3.05) is 26.2 Å². The van der Waals surface area contributed by atoms with E-state index in [-0.39, 0.29) is 5.54 Å². The Morgan fingerprint density at radius 3 is 2.53 bits per heavy atom. The Kier molecular flexibility index (Phi) is 6.45. The van der Waals surface area contributed by atoms with E-state index in [0.29, 0.717) is 6.10 Å². The Balaban J connectivity index is 2.57. The number of likely N-dealkylation sites (tertiary alicyclic amines) is 1. The van der Waals surface area contributed by atoms with Crippen molar-refractivity contribution < 1.29 is 4.74 Å². The van der Waals surface area contributed by atoms with E-state index in [0.717, 1.165) is 39.0 Å². The molecule has 0 radical (unpaired) electrons. The minimum absolute atomic E-state index is 0.203. The van der Waals surface area contributed by atoms with E-state index < -0.39 is 0 Å². The maximum Gasteiger partial charge on any atom is 0.0702 e. The summed E-state index contributed by atoms with van der Waals surface area (Å²) in [7, 11) is 0. The lowest BCUT2D eigenvalue weighted by Crippen LogP contribution is -2.57. The van der Waals surface area contributed by atoms with Crippen LogP contribution in [0.5, 0.6) is 0 Å². The molecule has 0 aliphatic carbocycles. The zero-order valence-electron chi connectivity index (χ0n) is 11.9. The lowest BCUT2D eigenvalue weighted by Gasteiger charge is -2.46. The van der Waals surface area contributed by atoms with Crippen LogP contribution < -0.4 is 5.73 Å². The predicted molar refractivity (Wildman–Crippen MR) is 73.2 cm³/mol. The fraction of sp³-hybridized carbons (Fsp3) is 1.00. The summed E-state index contributed by atoms with van der Waals surface area (Å²) in [5.74, 6) is 0. The second-order valence-electron chi connectivity index (χ2n) is 5.22. The Labute approximate surface area is 107 Å². The Morgan fingerprint density at radius 1 is 1.29 bits per heavy atom. The number of rotatable bonds is 7. The van der Waals surface area contributed by atoms with Crippen molar-refractivity contribution in [1.29, 1.82) is 0 Å². The van der Waals surface area contributed by atoms with Gasteiger partial charge in [0.1, 0.15) is 0 Å². The second-order valence-corrected chi connectivity index (χ2v) is 5.22. The fourth-order valence-electron chi connectivity index (χ4n) is 2.90. The van der Waals surface area contributed by atoms with E-state index in [1.54, 1.807) is 0 Å². The molecular formula is C14H30N2O. The van der Waals surface area contributed by atoms with Gasteiger partial charge in [0.05, 0.1) is 6.10 Å². The van der Waals surface area contributed by atoms with Gasteiger partial charge in [0.15, 0.2) is 0 Å². The Hall–Kier alpha value is -0.120. The third-order valence-corrected chi connectivity index (χ3v) is 4.30. The molecule has 1 fully saturated rings. The van der Waals surface area contributed by atoms with Crippen LogP contribution >= 0.6 is 0 Å². The van der Waals surface area contributed by atoms with Gasteiger partial charge in [-0.3, -0.25) is 4.90 Å². The van der Waals surface area contributed by atoms with Crippen LogP contribution in [0.1, 0.15) is 52.9 Å². The summed E-state index contributed by atoms with van der Waals surface area (Å²) in [6.07, 6.45) is 6.27. The van der Waals surface area contributed by atoms with Crippen molar-refractivity contribution in [2.24, 2.45) is 5.73 Å². The molecule has 1 unspecified atom stereocenters. The third kappa shape index (κ3) is 3.67. The molecule has 1 rings (SSSR count). The van der Waals surface area contributed by atoms with Crippen LogP contribution in [0.3, 0.4) is 0 Å². The standard InChI is InChI=1S/C14H30N2O/c1-4-10-17-13-8-7-9-16(11-13)14(5-2,6-3)12-15/h13H,4-12,15H2,1-3H3. The van der Waals surface area contributed by atoms with Crippen LogP contribution in [0.15, 0.2) is 0 Å². The molecule has 0 aromatic heterocycles. The van der Waals surface area contributed by atoms with Gasteiger partial charge in [0, 0.05) is 25.2 Å². The van der Waals surface area contributed by atoms with Crippen LogP contribution in [0.2, 0.25) is 0 Å². The summed E-state index contributed by atoms with van der Waals surface area (Å²) in [6, 6.07) is 0. The van der Waals surface area contributed by atoms with Gasteiger partial charge in [0.25, 0.3) is 0 Å². The summed E-state index contributed by atoms with van der Waals surface area (Å²) >= 11 is 0. The van der Waals surface area contributed by atoms with Crippen molar-refractivity contribution in [3.63, 3.8) is 0 Å². The molecule has 3 heteroatoms.